The molecule has 12 heteroatoms. The molecule has 190 valence electrons. The molecule has 11 nitrogen and oxygen atoms in total. The van der Waals surface area contributed by atoms with Gasteiger partial charge in [0.25, 0.3) is 5.56 Å². The van der Waals surface area contributed by atoms with Gasteiger partial charge in [-0.3, -0.25) is 23.7 Å². The number of para-hydroxylation sites is 1. The van der Waals surface area contributed by atoms with Crippen LogP contribution in [0.5, 0.6) is 5.75 Å². The Labute approximate surface area is 202 Å². The molecule has 3 rings (SSSR count). The first-order valence-corrected chi connectivity index (χ1v) is 12.6. The zero-order valence-electron chi connectivity index (χ0n) is 20.0. The lowest BCUT2D eigenvalue weighted by Gasteiger charge is -2.26. The van der Waals surface area contributed by atoms with Gasteiger partial charge in [0.05, 0.1) is 13.7 Å². The Hall–Kier alpha value is -2.98. The van der Waals surface area contributed by atoms with Crippen LogP contribution in [0.15, 0.2) is 58.3 Å². The number of aromatic nitrogens is 2. The largest absolute Gasteiger partial charge is 0.468 e. The minimum atomic E-state index is -4.07. The molecule has 2 heterocycles. The zero-order chi connectivity index (χ0) is 25.6. The molecule has 4 unspecified atom stereocenters. The van der Waals surface area contributed by atoms with Crippen molar-refractivity contribution in [2.75, 3.05) is 13.7 Å². The number of esters is 1. The van der Waals surface area contributed by atoms with Crippen LogP contribution >= 0.6 is 7.75 Å². The molecule has 0 aliphatic carbocycles. The Balaban J connectivity index is 1.74. The van der Waals surface area contributed by atoms with Crippen LogP contribution in [0.2, 0.25) is 0 Å². The number of nitrogens with one attached hydrogen (secondary N) is 2. The fraction of sp³-hybridized carbons (Fsp3) is 0.435. The Morgan fingerprint density at radius 2 is 1.94 bits per heavy atom. The van der Waals surface area contributed by atoms with E-state index in [0.29, 0.717) is 12.0 Å². The zero-order valence-corrected chi connectivity index (χ0v) is 20.9. The second-order valence-electron chi connectivity index (χ2n) is 8.46. The molecule has 0 radical (unpaired) electrons. The molecular formula is C23H30N3O8P. The van der Waals surface area contributed by atoms with E-state index in [0.717, 1.165) is 0 Å². The van der Waals surface area contributed by atoms with Gasteiger partial charge in [0.2, 0.25) is 0 Å². The number of aryl methyl sites for hydroxylation is 1. The summed E-state index contributed by atoms with van der Waals surface area (Å²) in [5.41, 5.74) is -0.740. The van der Waals surface area contributed by atoms with Crippen molar-refractivity contribution in [3.05, 3.63) is 75.1 Å². The highest BCUT2D eigenvalue weighted by atomic mass is 31.2. The quantitative estimate of drug-likeness (QED) is 0.267. The van der Waals surface area contributed by atoms with Gasteiger partial charge in [-0.2, -0.15) is 5.09 Å². The van der Waals surface area contributed by atoms with Crippen molar-refractivity contribution in [2.45, 2.75) is 45.6 Å². The summed E-state index contributed by atoms with van der Waals surface area (Å²) < 4.78 is 36.9. The summed E-state index contributed by atoms with van der Waals surface area (Å²) in [7, 11) is -2.82. The number of ether oxygens (including phenoxy) is 2. The van der Waals surface area contributed by atoms with Crippen molar-refractivity contribution in [2.24, 2.45) is 5.92 Å². The highest BCUT2D eigenvalue weighted by molar-refractivity contribution is 7.52. The SMILES string of the molecule is COC(=O)C(CC(C)C)NP(=O)(OCC1C=CC(n2cc(C)c(=O)[nH]c2=O)O1)Oc1ccccc1. The Morgan fingerprint density at radius 1 is 1.23 bits per heavy atom. The number of H-pyrrole nitrogens is 1. The molecule has 0 saturated heterocycles. The fourth-order valence-electron chi connectivity index (χ4n) is 3.40. The van der Waals surface area contributed by atoms with E-state index in [1.165, 1.54) is 17.9 Å². The van der Waals surface area contributed by atoms with E-state index in [4.69, 9.17) is 18.5 Å². The minimum Gasteiger partial charge on any atom is -0.468 e. The third kappa shape index (κ3) is 7.25. The molecule has 0 fully saturated rings. The second-order valence-corrected chi connectivity index (χ2v) is 10.2. The number of aromatic amines is 1. The summed E-state index contributed by atoms with van der Waals surface area (Å²) in [6, 6.07) is 7.50. The van der Waals surface area contributed by atoms with E-state index < -0.39 is 43.3 Å². The predicted molar refractivity (Wildman–Crippen MR) is 128 cm³/mol. The maximum Gasteiger partial charge on any atom is 0.459 e. The average molecular weight is 507 g/mol. The Morgan fingerprint density at radius 3 is 2.60 bits per heavy atom. The van der Waals surface area contributed by atoms with Crippen LogP contribution in [0.3, 0.4) is 0 Å². The number of carbonyl (C=O) groups excluding carboxylic acids is 1. The van der Waals surface area contributed by atoms with Gasteiger partial charge in [0, 0.05) is 11.8 Å². The number of hydrogen-bond donors (Lipinski definition) is 2. The summed E-state index contributed by atoms with van der Waals surface area (Å²) in [6.07, 6.45) is 3.56. The molecule has 0 spiro atoms. The molecule has 0 saturated carbocycles. The first-order valence-electron chi connectivity index (χ1n) is 11.1. The van der Waals surface area contributed by atoms with Crippen molar-refractivity contribution >= 4 is 13.7 Å². The molecule has 2 aromatic rings. The first kappa shape index (κ1) is 26.6. The van der Waals surface area contributed by atoms with E-state index in [1.807, 2.05) is 13.8 Å². The van der Waals surface area contributed by atoms with Crippen LogP contribution in [0.4, 0.5) is 0 Å². The lowest BCUT2D eigenvalue weighted by atomic mass is 10.1. The molecule has 1 aromatic heterocycles. The molecule has 1 aliphatic heterocycles. The van der Waals surface area contributed by atoms with Gasteiger partial charge < -0.3 is 14.0 Å². The van der Waals surface area contributed by atoms with Gasteiger partial charge in [-0.15, -0.1) is 0 Å². The van der Waals surface area contributed by atoms with E-state index in [-0.39, 0.29) is 18.3 Å². The summed E-state index contributed by atoms with van der Waals surface area (Å²) in [4.78, 5) is 38.3. The highest BCUT2D eigenvalue weighted by Crippen LogP contribution is 2.46. The van der Waals surface area contributed by atoms with Crippen LogP contribution in [-0.2, 0) is 23.4 Å². The normalized spacial score (nSPS) is 19.9. The molecule has 2 N–H and O–H groups in total. The number of methoxy groups -OCH3 is 1. The van der Waals surface area contributed by atoms with Crippen LogP contribution in [0.1, 0.15) is 32.1 Å². The van der Waals surface area contributed by atoms with Crippen LogP contribution in [0.25, 0.3) is 0 Å². The summed E-state index contributed by atoms with van der Waals surface area (Å²) in [5, 5.41) is 2.71. The number of hydrogen-bond acceptors (Lipinski definition) is 8. The lowest BCUT2D eigenvalue weighted by Crippen LogP contribution is -2.38. The standard InChI is InChI=1S/C23H30N3O8P/c1-15(2)12-19(22(28)31-4)25-35(30,34-17-8-6-5-7-9-17)32-14-18-10-11-20(33-18)26-13-16(3)21(27)24-23(26)29/h5-11,13,15,18-20H,12,14H2,1-4H3,(H,25,30)(H,24,27,29). The van der Waals surface area contributed by atoms with E-state index >= 15 is 0 Å². The minimum absolute atomic E-state index is 0.0951. The molecule has 1 aliphatic rings. The molecule has 4 atom stereocenters. The van der Waals surface area contributed by atoms with E-state index in [1.54, 1.807) is 49.4 Å². The Bertz CT molecular complexity index is 1210. The van der Waals surface area contributed by atoms with Gasteiger partial charge >= 0.3 is 19.4 Å². The number of nitrogens with zero attached hydrogens (tertiary/aromatic N) is 1. The van der Waals surface area contributed by atoms with Gasteiger partial charge in [-0.1, -0.05) is 38.1 Å². The van der Waals surface area contributed by atoms with E-state index in [9.17, 15) is 18.9 Å². The predicted octanol–water partition coefficient (Wildman–Crippen LogP) is 2.68. The molecule has 1 aromatic carbocycles. The maximum absolute atomic E-state index is 13.7. The second kappa shape index (κ2) is 11.6. The van der Waals surface area contributed by atoms with Gasteiger partial charge in [-0.25, -0.2) is 9.36 Å². The summed E-state index contributed by atoms with van der Waals surface area (Å²) >= 11 is 0. The third-order valence-electron chi connectivity index (χ3n) is 5.11. The molecule has 0 amide bonds. The molecular weight excluding hydrogens is 477 g/mol. The number of carbonyl (C=O) groups is 1. The molecule has 35 heavy (non-hydrogen) atoms. The average Bonchev–Trinajstić information content (AvgIpc) is 3.28. The fourth-order valence-corrected chi connectivity index (χ4v) is 4.92. The van der Waals surface area contributed by atoms with Gasteiger partial charge in [-0.05, 0) is 37.5 Å². The van der Waals surface area contributed by atoms with Crippen molar-refractivity contribution in [3.8, 4) is 5.75 Å². The van der Waals surface area contributed by atoms with Crippen molar-refractivity contribution in [1.82, 2.24) is 14.6 Å². The van der Waals surface area contributed by atoms with Crippen molar-refractivity contribution in [1.29, 1.82) is 0 Å². The van der Waals surface area contributed by atoms with Crippen LogP contribution in [-0.4, -0.2) is 41.4 Å². The maximum atomic E-state index is 13.7. The topological polar surface area (TPSA) is 138 Å². The van der Waals surface area contributed by atoms with E-state index in [2.05, 4.69) is 10.1 Å². The summed E-state index contributed by atoms with van der Waals surface area (Å²) in [5.74, 6) is -0.214. The lowest BCUT2D eigenvalue weighted by molar-refractivity contribution is -0.143. The number of benzene rings is 1. The Kier molecular flexibility index (Phi) is 8.85. The number of rotatable bonds is 11. The van der Waals surface area contributed by atoms with Gasteiger partial charge in [0.15, 0.2) is 6.23 Å². The van der Waals surface area contributed by atoms with Crippen molar-refractivity contribution < 1.29 is 27.9 Å². The monoisotopic (exact) mass is 507 g/mol. The smallest absolute Gasteiger partial charge is 0.459 e. The van der Waals surface area contributed by atoms with Crippen molar-refractivity contribution in [3.63, 3.8) is 0 Å². The summed E-state index contributed by atoms with van der Waals surface area (Å²) in [6.45, 7) is 5.21. The van der Waals surface area contributed by atoms with Crippen LogP contribution < -0.4 is 20.9 Å². The highest BCUT2D eigenvalue weighted by Gasteiger charge is 2.36. The molecule has 0 bridgehead atoms. The third-order valence-corrected chi connectivity index (χ3v) is 6.68. The van der Waals surface area contributed by atoms with Gasteiger partial charge in [0.1, 0.15) is 17.9 Å². The van der Waals surface area contributed by atoms with Crippen LogP contribution in [0, 0.1) is 12.8 Å². The first-order chi connectivity index (χ1) is 16.6.